The predicted molar refractivity (Wildman–Crippen MR) is 91.2 cm³/mol. The molecule has 3 nitrogen and oxygen atoms in total. The molecular weight excluding hydrogens is 300 g/mol. The lowest BCUT2D eigenvalue weighted by atomic mass is 9.58. The Kier molecular flexibility index (Phi) is 3.69. The van der Waals surface area contributed by atoms with Gasteiger partial charge >= 0.3 is 0 Å². The molecule has 24 heavy (non-hydrogen) atoms. The van der Waals surface area contributed by atoms with Crippen molar-refractivity contribution in [2.24, 2.45) is 5.92 Å². The number of Topliss-reactive ketones (excluding diaryl/α,β-unsaturated/α-hetero) is 1. The van der Waals surface area contributed by atoms with Crippen LogP contribution in [0.2, 0.25) is 0 Å². The highest BCUT2D eigenvalue weighted by Gasteiger charge is 2.47. The van der Waals surface area contributed by atoms with Crippen LogP contribution in [0, 0.1) is 5.92 Å². The van der Waals surface area contributed by atoms with Crippen molar-refractivity contribution in [2.45, 2.75) is 18.3 Å². The molecule has 0 unspecified atom stereocenters. The number of carbonyl (C=O) groups is 1. The number of ketones is 1. The van der Waals surface area contributed by atoms with Crippen LogP contribution >= 0.6 is 0 Å². The monoisotopic (exact) mass is 318 g/mol. The minimum Gasteiger partial charge on any atom is -0.507 e. The number of para-hydroxylation sites is 1. The average Bonchev–Trinajstić information content (AvgIpc) is 3.09. The Hall–Kier alpha value is -2.81. The molecule has 0 spiro atoms. The van der Waals surface area contributed by atoms with Gasteiger partial charge in [0.1, 0.15) is 5.75 Å². The fourth-order valence-corrected chi connectivity index (χ4v) is 3.78. The van der Waals surface area contributed by atoms with Crippen molar-refractivity contribution >= 4 is 5.78 Å². The second-order valence-electron chi connectivity index (χ2n) is 6.32. The highest BCUT2D eigenvalue weighted by Crippen LogP contribution is 2.54. The maximum Gasteiger partial charge on any atom is 0.170 e. The molecule has 1 aliphatic carbocycles. The number of rotatable bonds is 4. The van der Waals surface area contributed by atoms with Crippen molar-refractivity contribution in [3.8, 4) is 5.75 Å². The summed E-state index contributed by atoms with van der Waals surface area (Å²) >= 11 is 0. The van der Waals surface area contributed by atoms with Crippen LogP contribution in [0.25, 0.3) is 0 Å². The van der Waals surface area contributed by atoms with E-state index in [1.54, 1.807) is 36.8 Å². The molecule has 1 fully saturated rings. The molecule has 0 saturated heterocycles. The smallest absolute Gasteiger partial charge is 0.170 e. The molecule has 120 valence electrons. The van der Waals surface area contributed by atoms with Crippen molar-refractivity contribution in [2.75, 3.05) is 0 Å². The van der Waals surface area contributed by atoms with E-state index in [4.69, 9.17) is 4.42 Å². The summed E-state index contributed by atoms with van der Waals surface area (Å²) in [4.78, 5) is 12.9. The third-order valence-corrected chi connectivity index (χ3v) is 5.04. The third kappa shape index (κ3) is 2.42. The number of hydrogen-bond donors (Lipinski definition) is 1. The summed E-state index contributed by atoms with van der Waals surface area (Å²) in [6.07, 6.45) is 4.16. The van der Waals surface area contributed by atoms with E-state index in [0.29, 0.717) is 11.5 Å². The lowest BCUT2D eigenvalue weighted by Crippen LogP contribution is -2.38. The summed E-state index contributed by atoms with van der Waals surface area (Å²) in [7, 11) is 0. The first-order valence-electron chi connectivity index (χ1n) is 8.15. The van der Waals surface area contributed by atoms with Gasteiger partial charge in [-0.25, -0.2) is 0 Å². The van der Waals surface area contributed by atoms with E-state index in [2.05, 4.69) is 12.1 Å². The lowest BCUT2D eigenvalue weighted by molar-refractivity contribution is 0.0777. The third-order valence-electron chi connectivity index (χ3n) is 5.04. The molecule has 3 heteroatoms. The zero-order valence-corrected chi connectivity index (χ0v) is 13.1. The zero-order chi connectivity index (χ0) is 16.5. The van der Waals surface area contributed by atoms with E-state index in [-0.39, 0.29) is 23.4 Å². The van der Waals surface area contributed by atoms with E-state index < -0.39 is 0 Å². The van der Waals surface area contributed by atoms with Crippen molar-refractivity contribution in [3.63, 3.8) is 0 Å². The van der Waals surface area contributed by atoms with Crippen LogP contribution in [0.3, 0.4) is 0 Å². The number of hydrogen-bond acceptors (Lipinski definition) is 3. The molecule has 1 heterocycles. The Morgan fingerprint density at radius 1 is 0.958 bits per heavy atom. The topological polar surface area (TPSA) is 50.4 Å². The molecular formula is C21H18O3. The highest BCUT2D eigenvalue weighted by molar-refractivity contribution is 6.01. The quantitative estimate of drug-likeness (QED) is 0.706. The van der Waals surface area contributed by atoms with Crippen LogP contribution in [0.15, 0.2) is 77.6 Å². The van der Waals surface area contributed by atoms with Crippen LogP contribution in [-0.2, 0) is 0 Å². The molecule has 0 radical (unpaired) electrons. The van der Waals surface area contributed by atoms with Crippen LogP contribution in [0.4, 0.5) is 0 Å². The largest absolute Gasteiger partial charge is 0.507 e. The Balaban J connectivity index is 1.67. The van der Waals surface area contributed by atoms with Crippen molar-refractivity contribution < 1.29 is 14.3 Å². The molecule has 0 bridgehead atoms. The molecule has 4 rings (SSSR count). The first-order valence-corrected chi connectivity index (χ1v) is 8.15. The number of carbonyl (C=O) groups excluding carboxylic acids is 1. The van der Waals surface area contributed by atoms with Gasteiger partial charge < -0.3 is 9.52 Å². The molecule has 1 N–H and O–H groups in total. The summed E-state index contributed by atoms with van der Waals surface area (Å²) in [5, 5.41) is 10.0. The normalized spacial score (nSPS) is 22.8. The Bertz CT molecular complexity index is 837. The minimum absolute atomic E-state index is 0.00600. The van der Waals surface area contributed by atoms with E-state index in [0.717, 1.165) is 12.0 Å². The fourth-order valence-electron chi connectivity index (χ4n) is 3.78. The average molecular weight is 318 g/mol. The first kappa shape index (κ1) is 14.8. The highest BCUT2D eigenvalue weighted by atomic mass is 16.3. The van der Waals surface area contributed by atoms with Crippen molar-refractivity contribution in [1.29, 1.82) is 0 Å². The molecule has 1 saturated carbocycles. The molecule has 2 aromatic carbocycles. The molecule has 1 aromatic heterocycles. The standard InChI is InChI=1S/C21H18O3/c22-19-9-5-4-8-16(19)21(23)18-12-17(14-6-2-1-3-7-14)20(18)15-10-11-24-13-15/h1-11,13,17-18,20,22H,12H2/t17-,18-,20-/m1/s1. The Labute approximate surface area is 140 Å². The van der Waals surface area contributed by atoms with Gasteiger partial charge in [-0.15, -0.1) is 0 Å². The summed E-state index contributed by atoms with van der Waals surface area (Å²) < 4.78 is 5.25. The van der Waals surface area contributed by atoms with Gasteiger partial charge in [0.25, 0.3) is 0 Å². The van der Waals surface area contributed by atoms with Gasteiger partial charge in [-0.1, -0.05) is 42.5 Å². The molecule has 0 amide bonds. The van der Waals surface area contributed by atoms with Gasteiger partial charge in [0.05, 0.1) is 18.1 Å². The van der Waals surface area contributed by atoms with E-state index in [1.807, 2.05) is 24.3 Å². The fraction of sp³-hybridized carbons (Fsp3) is 0.190. The van der Waals surface area contributed by atoms with Gasteiger partial charge in [0.15, 0.2) is 5.78 Å². The van der Waals surface area contributed by atoms with Gasteiger partial charge in [0.2, 0.25) is 0 Å². The first-order chi connectivity index (χ1) is 11.8. The van der Waals surface area contributed by atoms with Crippen LogP contribution in [-0.4, -0.2) is 10.9 Å². The van der Waals surface area contributed by atoms with Gasteiger partial charge in [-0.2, -0.15) is 0 Å². The van der Waals surface area contributed by atoms with Crippen molar-refractivity contribution in [3.05, 3.63) is 89.9 Å². The predicted octanol–water partition coefficient (Wildman–Crippen LogP) is 4.76. The maximum absolute atomic E-state index is 12.9. The van der Waals surface area contributed by atoms with Crippen LogP contribution < -0.4 is 0 Å². The van der Waals surface area contributed by atoms with Crippen LogP contribution in [0.5, 0.6) is 5.75 Å². The van der Waals surface area contributed by atoms with Gasteiger partial charge in [-0.3, -0.25) is 4.79 Å². The Morgan fingerprint density at radius 3 is 2.42 bits per heavy atom. The SMILES string of the molecule is O=C(c1ccccc1O)[C@@H]1C[C@H](c2ccccc2)[C@H]1c1ccoc1. The number of aromatic hydroxyl groups is 1. The number of phenols is 1. The Morgan fingerprint density at radius 2 is 1.71 bits per heavy atom. The summed E-state index contributed by atoms with van der Waals surface area (Å²) in [6, 6.07) is 19.0. The summed E-state index contributed by atoms with van der Waals surface area (Å²) in [5.74, 6) is 0.297. The molecule has 1 aliphatic rings. The second kappa shape index (κ2) is 6.00. The summed E-state index contributed by atoms with van der Waals surface area (Å²) in [6.45, 7) is 0. The number of furan rings is 1. The van der Waals surface area contributed by atoms with Crippen LogP contribution in [0.1, 0.15) is 39.7 Å². The van der Waals surface area contributed by atoms with Gasteiger partial charge in [-0.05, 0) is 41.7 Å². The molecule has 0 aliphatic heterocycles. The van der Waals surface area contributed by atoms with E-state index >= 15 is 0 Å². The zero-order valence-electron chi connectivity index (χ0n) is 13.1. The van der Waals surface area contributed by atoms with E-state index in [9.17, 15) is 9.90 Å². The lowest BCUT2D eigenvalue weighted by Gasteiger charge is -2.44. The number of phenolic OH excluding ortho intramolecular Hbond substituents is 1. The number of benzene rings is 2. The van der Waals surface area contributed by atoms with E-state index in [1.165, 1.54) is 5.56 Å². The maximum atomic E-state index is 12.9. The molecule has 3 atom stereocenters. The minimum atomic E-state index is -0.138. The second-order valence-corrected chi connectivity index (χ2v) is 6.32. The van der Waals surface area contributed by atoms with Crippen molar-refractivity contribution in [1.82, 2.24) is 0 Å². The molecule has 3 aromatic rings. The summed E-state index contributed by atoms with van der Waals surface area (Å²) in [5.41, 5.74) is 2.69. The van der Waals surface area contributed by atoms with Gasteiger partial charge in [0, 0.05) is 11.8 Å².